The second-order valence-electron chi connectivity index (χ2n) is 8.48. The maximum Gasteiger partial charge on any atom is 0.573 e. The molecule has 8 nitrogen and oxygen atoms in total. The van der Waals surface area contributed by atoms with E-state index in [0.29, 0.717) is 12.8 Å². The summed E-state index contributed by atoms with van der Waals surface area (Å²) < 4.78 is 79.2. The molecule has 4 rings (SSSR count). The lowest BCUT2D eigenvalue weighted by atomic mass is 9.74. The van der Waals surface area contributed by atoms with Crippen molar-refractivity contribution in [3.63, 3.8) is 0 Å². The van der Waals surface area contributed by atoms with Crippen LogP contribution in [0.1, 0.15) is 32.1 Å². The van der Waals surface area contributed by atoms with Crippen molar-refractivity contribution in [1.82, 2.24) is 4.31 Å². The Bertz CT molecular complexity index is 1140. The third-order valence-electron chi connectivity index (χ3n) is 6.28. The molecule has 0 spiro atoms. The Morgan fingerprint density at radius 2 is 1.49 bits per heavy atom. The fraction of sp³-hybridized carbons (Fsp3) is 0.435. The van der Waals surface area contributed by atoms with Crippen molar-refractivity contribution in [1.29, 1.82) is 0 Å². The van der Waals surface area contributed by atoms with Crippen molar-refractivity contribution in [3.05, 3.63) is 48.5 Å². The van der Waals surface area contributed by atoms with Crippen LogP contribution < -0.4 is 9.47 Å². The highest BCUT2D eigenvalue weighted by molar-refractivity contribution is 7.89. The first-order chi connectivity index (χ1) is 16.5. The van der Waals surface area contributed by atoms with Crippen LogP contribution in [0.2, 0.25) is 0 Å². The zero-order valence-corrected chi connectivity index (χ0v) is 19.3. The second-order valence-corrected chi connectivity index (χ2v) is 10.4. The first-order valence-electron chi connectivity index (χ1n) is 11.1. The third-order valence-corrected chi connectivity index (χ3v) is 8.16. The number of carbonyl (C=O) groups is 1. The van der Waals surface area contributed by atoms with Gasteiger partial charge >= 0.3 is 12.5 Å². The number of sulfonamides is 1. The highest BCUT2D eigenvalue weighted by Gasteiger charge is 2.46. The van der Waals surface area contributed by atoms with Crippen LogP contribution in [-0.2, 0) is 14.8 Å². The molecular weight excluding hydrogens is 491 g/mol. The van der Waals surface area contributed by atoms with E-state index in [1.165, 1.54) is 36.4 Å². The van der Waals surface area contributed by atoms with Crippen molar-refractivity contribution in [2.24, 2.45) is 11.8 Å². The molecule has 1 aliphatic heterocycles. The number of rotatable bonds is 6. The molecule has 3 unspecified atom stereocenters. The van der Waals surface area contributed by atoms with Crippen molar-refractivity contribution in [3.8, 4) is 17.2 Å². The van der Waals surface area contributed by atoms with E-state index in [1.54, 1.807) is 0 Å². The summed E-state index contributed by atoms with van der Waals surface area (Å²) in [6, 6.07) is 10.2. The molecule has 1 saturated heterocycles. The Kier molecular flexibility index (Phi) is 7.13. The number of fused-ring (bicyclic) bond motifs is 1. The van der Waals surface area contributed by atoms with E-state index in [1.807, 2.05) is 0 Å². The van der Waals surface area contributed by atoms with Crippen LogP contribution in [0.4, 0.5) is 18.0 Å². The van der Waals surface area contributed by atoms with E-state index in [0.717, 1.165) is 35.7 Å². The summed E-state index contributed by atoms with van der Waals surface area (Å²) in [5.74, 6) is 0.131. The maximum atomic E-state index is 13.4. The number of hydrogen-bond acceptors (Lipinski definition) is 6. The standard InChI is InChI=1S/C23H24F3NO7S/c24-23(25,26)34-18-7-5-16(6-8-18)32-17-9-11-19(12-10-17)35(30,31)27-14-13-15-3-1-2-4-20(15)21(27)33-22(28)29/h5-12,15,20-21H,1-4,13-14H2,(H,28,29). The van der Waals surface area contributed by atoms with Gasteiger partial charge in [-0.25, -0.2) is 13.2 Å². The number of piperidine rings is 1. The van der Waals surface area contributed by atoms with E-state index >= 15 is 0 Å². The summed E-state index contributed by atoms with van der Waals surface area (Å²) in [5.41, 5.74) is 0. The molecule has 1 aliphatic carbocycles. The van der Waals surface area contributed by atoms with Crippen LogP contribution in [-0.4, -0.2) is 43.1 Å². The Morgan fingerprint density at radius 3 is 2.09 bits per heavy atom. The summed E-state index contributed by atoms with van der Waals surface area (Å²) in [6.45, 7) is 0.159. The molecule has 3 atom stereocenters. The molecule has 2 aliphatic rings. The second kappa shape index (κ2) is 9.94. The lowest BCUT2D eigenvalue weighted by molar-refractivity contribution is -0.274. The molecule has 0 amide bonds. The Hall–Kier alpha value is -2.99. The number of alkyl halides is 3. The summed E-state index contributed by atoms with van der Waals surface area (Å²) >= 11 is 0. The quantitative estimate of drug-likeness (QED) is 0.500. The topological polar surface area (TPSA) is 102 Å². The van der Waals surface area contributed by atoms with Crippen molar-refractivity contribution in [2.75, 3.05) is 6.54 Å². The minimum absolute atomic E-state index is 0.0491. The molecule has 35 heavy (non-hydrogen) atoms. The smallest absolute Gasteiger partial charge is 0.457 e. The normalized spacial score (nSPS) is 23.2. The number of nitrogens with zero attached hydrogens (tertiary/aromatic N) is 1. The Labute approximate surface area is 200 Å². The molecule has 1 heterocycles. The van der Waals surface area contributed by atoms with Gasteiger partial charge in [0.15, 0.2) is 6.23 Å². The predicted octanol–water partition coefficient (Wildman–Crippen LogP) is 5.60. The van der Waals surface area contributed by atoms with Gasteiger partial charge in [0.25, 0.3) is 0 Å². The predicted molar refractivity (Wildman–Crippen MR) is 116 cm³/mol. The molecule has 1 saturated carbocycles. The Morgan fingerprint density at radius 1 is 0.914 bits per heavy atom. The van der Waals surface area contributed by atoms with E-state index in [2.05, 4.69) is 4.74 Å². The zero-order valence-electron chi connectivity index (χ0n) is 18.5. The summed E-state index contributed by atoms with van der Waals surface area (Å²) in [7, 11) is -4.05. The van der Waals surface area contributed by atoms with Gasteiger partial charge in [-0.05, 0) is 73.7 Å². The lowest BCUT2D eigenvalue weighted by Crippen LogP contribution is -2.54. The monoisotopic (exact) mass is 515 g/mol. The lowest BCUT2D eigenvalue weighted by Gasteiger charge is -2.45. The van der Waals surface area contributed by atoms with E-state index in [9.17, 15) is 31.5 Å². The minimum Gasteiger partial charge on any atom is -0.457 e. The Balaban J connectivity index is 1.49. The fourth-order valence-electron chi connectivity index (χ4n) is 4.77. The summed E-state index contributed by atoms with van der Waals surface area (Å²) in [4.78, 5) is 11.3. The fourth-order valence-corrected chi connectivity index (χ4v) is 6.34. The number of halogens is 3. The molecule has 0 aromatic heterocycles. The summed E-state index contributed by atoms with van der Waals surface area (Å²) in [5, 5.41) is 9.24. The van der Waals surface area contributed by atoms with E-state index < -0.39 is 34.5 Å². The number of ether oxygens (including phenoxy) is 3. The first-order valence-corrected chi connectivity index (χ1v) is 12.5. The van der Waals surface area contributed by atoms with E-state index in [-0.39, 0.29) is 34.8 Å². The number of carboxylic acid groups (broad SMARTS) is 1. The number of hydrogen-bond donors (Lipinski definition) is 1. The van der Waals surface area contributed by atoms with Crippen molar-refractivity contribution >= 4 is 16.2 Å². The molecule has 2 aromatic carbocycles. The minimum atomic E-state index is -4.80. The van der Waals surface area contributed by atoms with Crippen LogP contribution in [0.3, 0.4) is 0 Å². The highest BCUT2D eigenvalue weighted by Crippen LogP contribution is 2.42. The van der Waals surface area contributed by atoms with Gasteiger partial charge in [0.1, 0.15) is 17.2 Å². The van der Waals surface area contributed by atoms with Crippen LogP contribution >= 0.6 is 0 Å². The summed E-state index contributed by atoms with van der Waals surface area (Å²) in [6.07, 6.45) is -3.20. The van der Waals surface area contributed by atoms with Gasteiger partial charge < -0.3 is 19.3 Å². The highest BCUT2D eigenvalue weighted by atomic mass is 32.2. The first kappa shape index (κ1) is 25.1. The molecule has 190 valence electrons. The largest absolute Gasteiger partial charge is 0.573 e. The zero-order chi connectivity index (χ0) is 25.2. The molecule has 12 heteroatoms. The average molecular weight is 516 g/mol. The van der Waals surface area contributed by atoms with Gasteiger partial charge in [0.2, 0.25) is 10.0 Å². The van der Waals surface area contributed by atoms with Gasteiger partial charge in [-0.15, -0.1) is 13.2 Å². The maximum absolute atomic E-state index is 13.4. The number of benzene rings is 2. The van der Waals surface area contributed by atoms with Crippen LogP contribution in [0.5, 0.6) is 17.2 Å². The van der Waals surface area contributed by atoms with E-state index in [4.69, 9.17) is 9.47 Å². The molecule has 0 radical (unpaired) electrons. The van der Waals surface area contributed by atoms with Crippen LogP contribution in [0.15, 0.2) is 53.4 Å². The molecule has 2 aromatic rings. The molecular formula is C23H24F3NO7S. The van der Waals surface area contributed by atoms with Gasteiger partial charge in [0, 0.05) is 12.5 Å². The van der Waals surface area contributed by atoms with Gasteiger partial charge in [0.05, 0.1) is 4.90 Å². The van der Waals surface area contributed by atoms with Gasteiger partial charge in [-0.2, -0.15) is 4.31 Å². The molecule has 2 fully saturated rings. The van der Waals surface area contributed by atoms with Crippen LogP contribution in [0, 0.1) is 11.8 Å². The molecule has 0 bridgehead atoms. The third kappa shape index (κ3) is 5.99. The van der Waals surface area contributed by atoms with Gasteiger partial charge in [-0.3, -0.25) is 0 Å². The molecule has 1 N–H and O–H groups in total. The van der Waals surface area contributed by atoms with Crippen molar-refractivity contribution < 1.29 is 45.7 Å². The van der Waals surface area contributed by atoms with Gasteiger partial charge in [-0.1, -0.05) is 12.8 Å². The van der Waals surface area contributed by atoms with Crippen LogP contribution in [0.25, 0.3) is 0 Å². The van der Waals surface area contributed by atoms with Crippen molar-refractivity contribution in [2.45, 2.75) is 49.6 Å². The SMILES string of the molecule is O=C(O)OC1C2CCCCC2CCN1S(=O)(=O)c1ccc(Oc2ccc(OC(F)(F)F)cc2)cc1. The average Bonchev–Trinajstić information content (AvgIpc) is 2.79.